The highest BCUT2D eigenvalue weighted by Crippen LogP contribution is 2.28. The van der Waals surface area contributed by atoms with Gasteiger partial charge in [0.15, 0.2) is 5.82 Å². The molecule has 1 N–H and O–H groups in total. The molecule has 0 saturated heterocycles. The molecule has 1 aromatic heterocycles. The minimum Gasteiger partial charge on any atom is -0.495 e. The lowest BCUT2D eigenvalue weighted by Crippen LogP contribution is -2.13. The lowest BCUT2D eigenvalue weighted by molar-refractivity contribution is 0.102. The normalized spacial score (nSPS) is 10.8. The lowest BCUT2D eigenvalue weighted by atomic mass is 10.2. The summed E-state index contributed by atoms with van der Waals surface area (Å²) in [5.74, 6) is 1.35. The number of carbonyl (C=O) groups is 1. The third kappa shape index (κ3) is 4.58. The van der Waals surface area contributed by atoms with Crippen LogP contribution in [0.3, 0.4) is 0 Å². The molecule has 0 aliphatic heterocycles. The van der Waals surface area contributed by atoms with Crippen molar-refractivity contribution in [2.24, 2.45) is 0 Å². The summed E-state index contributed by atoms with van der Waals surface area (Å²) in [6.07, 6.45) is 0. The molecule has 3 rings (SSSR count). The maximum atomic E-state index is 12.6. The van der Waals surface area contributed by atoms with Crippen LogP contribution < -0.4 is 14.8 Å². The van der Waals surface area contributed by atoms with Crippen LogP contribution >= 0.6 is 11.6 Å². The topological polar surface area (TPSA) is 91.2 Å². The summed E-state index contributed by atoms with van der Waals surface area (Å²) in [5, 5.41) is 14.9. The SMILES string of the molecule is COc1ccc(Cl)cc1NC(=O)c1cccc(OCc2nnnn2C(C)C)c1. The van der Waals surface area contributed by atoms with E-state index >= 15 is 0 Å². The van der Waals surface area contributed by atoms with Gasteiger partial charge < -0.3 is 14.8 Å². The first kappa shape index (κ1) is 19.6. The van der Waals surface area contributed by atoms with Gasteiger partial charge in [0, 0.05) is 10.6 Å². The van der Waals surface area contributed by atoms with Gasteiger partial charge in [-0.25, -0.2) is 4.68 Å². The second-order valence-corrected chi connectivity index (χ2v) is 6.69. The average Bonchev–Trinajstić information content (AvgIpc) is 3.16. The van der Waals surface area contributed by atoms with Crippen LogP contribution in [0.5, 0.6) is 11.5 Å². The number of halogens is 1. The number of rotatable bonds is 7. The molecule has 1 amide bonds. The zero-order chi connectivity index (χ0) is 20.1. The smallest absolute Gasteiger partial charge is 0.255 e. The maximum absolute atomic E-state index is 12.6. The van der Waals surface area contributed by atoms with Crippen molar-refractivity contribution >= 4 is 23.2 Å². The van der Waals surface area contributed by atoms with Crippen molar-refractivity contribution in [2.75, 3.05) is 12.4 Å². The first-order valence-corrected chi connectivity index (χ1v) is 9.00. The number of anilines is 1. The summed E-state index contributed by atoms with van der Waals surface area (Å²) in [6, 6.07) is 12.0. The molecule has 8 nitrogen and oxygen atoms in total. The van der Waals surface area contributed by atoms with E-state index in [4.69, 9.17) is 21.1 Å². The number of methoxy groups -OCH3 is 1. The van der Waals surface area contributed by atoms with Crippen LogP contribution in [0.1, 0.15) is 36.1 Å². The van der Waals surface area contributed by atoms with Crippen molar-refractivity contribution in [3.05, 3.63) is 58.9 Å². The van der Waals surface area contributed by atoms with E-state index in [-0.39, 0.29) is 18.6 Å². The highest BCUT2D eigenvalue weighted by molar-refractivity contribution is 6.31. The van der Waals surface area contributed by atoms with E-state index in [2.05, 4.69) is 20.8 Å². The van der Waals surface area contributed by atoms with E-state index in [0.29, 0.717) is 33.6 Å². The third-order valence-electron chi connectivity index (χ3n) is 3.92. The first-order chi connectivity index (χ1) is 13.5. The fourth-order valence-corrected chi connectivity index (χ4v) is 2.73. The Morgan fingerprint density at radius 1 is 1.25 bits per heavy atom. The Labute approximate surface area is 167 Å². The number of benzene rings is 2. The molecular formula is C19H20ClN5O3. The second-order valence-electron chi connectivity index (χ2n) is 6.25. The standard InChI is InChI=1S/C19H20ClN5O3/c1-12(2)25-18(22-23-24-25)11-28-15-6-4-5-13(9-15)19(26)21-16-10-14(20)7-8-17(16)27-3/h4-10,12H,11H2,1-3H3,(H,21,26). The van der Waals surface area contributed by atoms with Crippen LogP contribution in [0, 0.1) is 0 Å². The van der Waals surface area contributed by atoms with Crippen LogP contribution in [0.4, 0.5) is 5.69 Å². The lowest BCUT2D eigenvalue weighted by Gasteiger charge is -2.12. The van der Waals surface area contributed by atoms with Crippen LogP contribution in [-0.4, -0.2) is 33.2 Å². The van der Waals surface area contributed by atoms with Crippen molar-refractivity contribution in [3.63, 3.8) is 0 Å². The Morgan fingerprint density at radius 2 is 2.07 bits per heavy atom. The molecule has 0 fully saturated rings. The van der Waals surface area contributed by atoms with Crippen LogP contribution in [0.2, 0.25) is 5.02 Å². The summed E-state index contributed by atoms with van der Waals surface area (Å²) in [4.78, 5) is 12.6. The predicted molar refractivity (Wildman–Crippen MR) is 105 cm³/mol. The number of nitrogens with one attached hydrogen (secondary N) is 1. The monoisotopic (exact) mass is 401 g/mol. The Bertz CT molecular complexity index is 974. The predicted octanol–water partition coefficient (Wildman–Crippen LogP) is 3.75. The number of ether oxygens (including phenoxy) is 2. The molecule has 0 aliphatic carbocycles. The van der Waals surface area contributed by atoms with Gasteiger partial charge in [-0.1, -0.05) is 17.7 Å². The minimum atomic E-state index is -0.307. The molecule has 0 saturated carbocycles. The summed E-state index contributed by atoms with van der Waals surface area (Å²) in [5.41, 5.74) is 0.922. The molecule has 0 unspecified atom stereocenters. The average molecular weight is 402 g/mol. The van der Waals surface area contributed by atoms with E-state index in [1.165, 1.54) is 7.11 Å². The molecule has 0 radical (unpaired) electrons. The van der Waals surface area contributed by atoms with Crippen LogP contribution in [0.15, 0.2) is 42.5 Å². The Hall–Kier alpha value is -3.13. The van der Waals surface area contributed by atoms with E-state index in [9.17, 15) is 4.79 Å². The molecule has 0 spiro atoms. The highest BCUT2D eigenvalue weighted by atomic mass is 35.5. The summed E-state index contributed by atoms with van der Waals surface area (Å²) in [6.45, 7) is 4.15. The van der Waals surface area contributed by atoms with Gasteiger partial charge in [0.25, 0.3) is 5.91 Å². The van der Waals surface area contributed by atoms with E-state index in [1.807, 2.05) is 13.8 Å². The second kappa shape index (κ2) is 8.71. The summed E-state index contributed by atoms with van der Waals surface area (Å²) >= 11 is 6.01. The Morgan fingerprint density at radius 3 is 2.82 bits per heavy atom. The van der Waals surface area contributed by atoms with Gasteiger partial charge in [0.2, 0.25) is 0 Å². The molecule has 2 aromatic carbocycles. The van der Waals surface area contributed by atoms with Crippen molar-refractivity contribution < 1.29 is 14.3 Å². The van der Waals surface area contributed by atoms with Gasteiger partial charge in [0.05, 0.1) is 18.8 Å². The molecular weight excluding hydrogens is 382 g/mol. The van der Waals surface area contributed by atoms with Gasteiger partial charge in [0.1, 0.15) is 18.1 Å². The van der Waals surface area contributed by atoms with E-state index in [0.717, 1.165) is 0 Å². The maximum Gasteiger partial charge on any atom is 0.255 e. The molecule has 0 atom stereocenters. The van der Waals surface area contributed by atoms with Gasteiger partial charge >= 0.3 is 0 Å². The molecule has 0 bridgehead atoms. The molecule has 28 heavy (non-hydrogen) atoms. The zero-order valence-corrected chi connectivity index (χ0v) is 16.5. The van der Waals surface area contributed by atoms with Gasteiger partial charge in [-0.2, -0.15) is 0 Å². The van der Waals surface area contributed by atoms with Crippen LogP contribution in [0.25, 0.3) is 0 Å². The highest BCUT2D eigenvalue weighted by Gasteiger charge is 2.13. The first-order valence-electron chi connectivity index (χ1n) is 8.62. The fraction of sp³-hybridized carbons (Fsp3) is 0.263. The van der Waals surface area contributed by atoms with Gasteiger partial charge in [-0.15, -0.1) is 5.10 Å². The fourth-order valence-electron chi connectivity index (χ4n) is 2.56. The van der Waals surface area contributed by atoms with Gasteiger partial charge in [-0.05, 0) is 60.7 Å². The van der Waals surface area contributed by atoms with Crippen molar-refractivity contribution in [3.8, 4) is 11.5 Å². The largest absolute Gasteiger partial charge is 0.495 e. The molecule has 1 heterocycles. The number of hydrogen-bond donors (Lipinski definition) is 1. The zero-order valence-electron chi connectivity index (χ0n) is 15.7. The quantitative estimate of drug-likeness (QED) is 0.648. The number of aromatic nitrogens is 4. The van der Waals surface area contributed by atoms with Crippen molar-refractivity contribution in [2.45, 2.75) is 26.5 Å². The Kier molecular flexibility index (Phi) is 6.10. The minimum absolute atomic E-state index is 0.124. The summed E-state index contributed by atoms with van der Waals surface area (Å²) in [7, 11) is 1.53. The third-order valence-corrected chi connectivity index (χ3v) is 4.16. The number of carbonyl (C=O) groups excluding carboxylic acids is 1. The van der Waals surface area contributed by atoms with Crippen LogP contribution in [-0.2, 0) is 6.61 Å². The Balaban J connectivity index is 1.71. The van der Waals surface area contributed by atoms with Gasteiger partial charge in [-0.3, -0.25) is 4.79 Å². The number of amides is 1. The van der Waals surface area contributed by atoms with Crippen molar-refractivity contribution in [1.29, 1.82) is 0 Å². The molecule has 0 aliphatic rings. The number of hydrogen-bond acceptors (Lipinski definition) is 6. The van der Waals surface area contributed by atoms with Crippen molar-refractivity contribution in [1.82, 2.24) is 20.2 Å². The molecule has 146 valence electrons. The molecule has 9 heteroatoms. The summed E-state index contributed by atoms with van der Waals surface area (Å²) < 4.78 is 12.7. The molecule has 3 aromatic rings. The number of nitrogens with zero attached hydrogens (tertiary/aromatic N) is 4. The number of tetrazole rings is 1. The van der Waals surface area contributed by atoms with E-state index in [1.54, 1.807) is 47.1 Å². The van der Waals surface area contributed by atoms with E-state index < -0.39 is 0 Å².